The van der Waals surface area contributed by atoms with Gasteiger partial charge in [-0.25, -0.2) is 0 Å². The first-order valence-electron chi connectivity index (χ1n) is 8.22. The molecule has 1 saturated carbocycles. The first-order valence-corrected chi connectivity index (χ1v) is 8.60. The molecule has 4 nitrogen and oxygen atoms in total. The average Bonchev–Trinajstić information content (AvgIpc) is 2.83. The molecule has 1 aromatic rings. The van der Waals surface area contributed by atoms with E-state index in [-0.39, 0.29) is 0 Å². The molecule has 1 aliphatic carbocycles. The van der Waals surface area contributed by atoms with Crippen LogP contribution in [0.15, 0.2) is 0 Å². The van der Waals surface area contributed by atoms with Crippen LogP contribution >= 0.6 is 11.6 Å². The molecule has 5 heteroatoms. The van der Waals surface area contributed by atoms with Gasteiger partial charge in [-0.15, -0.1) is 0 Å². The molecule has 1 aromatic heterocycles. The fraction of sp³-hybridized carbons (Fsp3) is 0.812. The lowest BCUT2D eigenvalue weighted by Gasteiger charge is -2.34. The number of aryl methyl sites for hydroxylation is 2. The summed E-state index contributed by atoms with van der Waals surface area (Å²) >= 11 is 6.52. The van der Waals surface area contributed by atoms with Gasteiger partial charge in [0.15, 0.2) is 0 Å². The molecule has 1 fully saturated rings. The molecule has 120 valence electrons. The highest BCUT2D eigenvalue weighted by Gasteiger charge is 2.25. The molecule has 0 spiro atoms. The molecule has 0 radical (unpaired) electrons. The fourth-order valence-corrected chi connectivity index (χ4v) is 3.67. The van der Waals surface area contributed by atoms with Gasteiger partial charge in [0.05, 0.1) is 16.4 Å². The minimum atomic E-state index is 0.663. The lowest BCUT2D eigenvalue weighted by molar-refractivity contribution is 0.166. The quantitative estimate of drug-likeness (QED) is 0.876. The zero-order valence-corrected chi connectivity index (χ0v) is 14.6. The van der Waals surface area contributed by atoms with Gasteiger partial charge < -0.3 is 5.32 Å². The van der Waals surface area contributed by atoms with E-state index in [0.717, 1.165) is 30.2 Å². The molecule has 0 aromatic carbocycles. The number of nitrogens with zero attached hydrogens (tertiary/aromatic N) is 3. The molecular formula is C16H29ClN4. The van der Waals surface area contributed by atoms with Gasteiger partial charge in [-0.2, -0.15) is 5.10 Å². The minimum Gasteiger partial charge on any atom is -0.317 e. The van der Waals surface area contributed by atoms with Crippen LogP contribution in [0.3, 0.4) is 0 Å². The van der Waals surface area contributed by atoms with E-state index < -0.39 is 0 Å². The minimum absolute atomic E-state index is 0.663. The summed E-state index contributed by atoms with van der Waals surface area (Å²) in [5.41, 5.74) is 2.20. The van der Waals surface area contributed by atoms with Crippen LogP contribution in [0, 0.1) is 0 Å². The number of halogens is 1. The van der Waals surface area contributed by atoms with Crippen molar-refractivity contribution in [2.45, 2.75) is 71.1 Å². The maximum absolute atomic E-state index is 6.52. The molecule has 1 heterocycles. The normalized spacial score (nSPS) is 23.0. The summed E-state index contributed by atoms with van der Waals surface area (Å²) in [7, 11) is 4.29. The van der Waals surface area contributed by atoms with Gasteiger partial charge in [0.25, 0.3) is 0 Å². The largest absolute Gasteiger partial charge is 0.317 e. The van der Waals surface area contributed by atoms with E-state index in [9.17, 15) is 0 Å². The summed E-state index contributed by atoms with van der Waals surface area (Å²) in [6.07, 6.45) is 5.97. The molecule has 0 atom stereocenters. The van der Waals surface area contributed by atoms with E-state index in [4.69, 9.17) is 11.6 Å². The first kappa shape index (κ1) is 16.8. The van der Waals surface area contributed by atoms with Crippen molar-refractivity contribution in [3.8, 4) is 0 Å². The Hall–Kier alpha value is -0.580. The standard InChI is InChI=1S/C16H29ClN4/c1-5-14-16(17)15(21(6-2)19-14)11-20(4)13-9-7-12(18-3)8-10-13/h12-13,18H,5-11H2,1-4H3. The summed E-state index contributed by atoms with van der Waals surface area (Å²) in [5, 5.41) is 8.89. The first-order chi connectivity index (χ1) is 10.1. The van der Waals surface area contributed by atoms with Gasteiger partial charge in [0.1, 0.15) is 0 Å². The number of hydrogen-bond donors (Lipinski definition) is 1. The van der Waals surface area contributed by atoms with Crippen LogP contribution in [0.2, 0.25) is 5.02 Å². The van der Waals surface area contributed by atoms with E-state index in [1.54, 1.807) is 0 Å². The average molecular weight is 313 g/mol. The smallest absolute Gasteiger partial charge is 0.0863 e. The summed E-state index contributed by atoms with van der Waals surface area (Å²) in [4.78, 5) is 2.46. The predicted molar refractivity (Wildman–Crippen MR) is 88.9 cm³/mol. The monoisotopic (exact) mass is 312 g/mol. The highest BCUT2D eigenvalue weighted by molar-refractivity contribution is 6.31. The van der Waals surface area contributed by atoms with Crippen LogP contribution in [0.25, 0.3) is 0 Å². The predicted octanol–water partition coefficient (Wildman–Crippen LogP) is 3.08. The third kappa shape index (κ3) is 3.79. The van der Waals surface area contributed by atoms with Crippen molar-refractivity contribution in [1.82, 2.24) is 20.0 Å². The second kappa shape index (κ2) is 7.61. The molecule has 21 heavy (non-hydrogen) atoms. The second-order valence-electron chi connectivity index (χ2n) is 6.09. The highest BCUT2D eigenvalue weighted by Crippen LogP contribution is 2.27. The summed E-state index contributed by atoms with van der Waals surface area (Å²) < 4.78 is 2.07. The molecular weight excluding hydrogens is 284 g/mol. The van der Waals surface area contributed by atoms with Crippen molar-refractivity contribution < 1.29 is 0 Å². The Morgan fingerprint density at radius 3 is 2.48 bits per heavy atom. The van der Waals surface area contributed by atoms with Crippen LogP contribution in [0.1, 0.15) is 50.9 Å². The van der Waals surface area contributed by atoms with E-state index in [1.165, 1.54) is 31.4 Å². The maximum atomic E-state index is 6.52. The molecule has 0 amide bonds. The Morgan fingerprint density at radius 2 is 1.95 bits per heavy atom. The molecule has 0 aliphatic heterocycles. The Balaban J connectivity index is 2.02. The van der Waals surface area contributed by atoms with Gasteiger partial charge >= 0.3 is 0 Å². The molecule has 0 bridgehead atoms. The van der Waals surface area contributed by atoms with E-state index in [2.05, 4.69) is 47.9 Å². The van der Waals surface area contributed by atoms with Gasteiger partial charge in [-0.05, 0) is 53.1 Å². The molecule has 0 saturated heterocycles. The number of rotatable bonds is 6. The van der Waals surface area contributed by atoms with Crippen molar-refractivity contribution in [3.05, 3.63) is 16.4 Å². The third-order valence-corrected chi connectivity index (χ3v) is 5.26. The van der Waals surface area contributed by atoms with Gasteiger partial charge in [0.2, 0.25) is 0 Å². The topological polar surface area (TPSA) is 33.1 Å². The molecule has 1 aliphatic rings. The van der Waals surface area contributed by atoms with E-state index >= 15 is 0 Å². The molecule has 1 N–H and O–H groups in total. The maximum Gasteiger partial charge on any atom is 0.0863 e. The SMILES string of the molecule is CCc1nn(CC)c(CN(C)C2CCC(NC)CC2)c1Cl. The zero-order chi connectivity index (χ0) is 15.4. The summed E-state index contributed by atoms with van der Waals surface area (Å²) in [6, 6.07) is 1.36. The summed E-state index contributed by atoms with van der Waals surface area (Å²) in [5.74, 6) is 0. The highest BCUT2D eigenvalue weighted by atomic mass is 35.5. The molecule has 2 rings (SSSR count). The summed E-state index contributed by atoms with van der Waals surface area (Å²) in [6.45, 7) is 6.02. The Labute approximate surface area is 133 Å². The lowest BCUT2D eigenvalue weighted by Crippen LogP contribution is -2.39. The van der Waals surface area contributed by atoms with E-state index in [0.29, 0.717) is 12.1 Å². The van der Waals surface area contributed by atoms with Crippen molar-refractivity contribution in [1.29, 1.82) is 0 Å². The van der Waals surface area contributed by atoms with Crippen molar-refractivity contribution in [2.24, 2.45) is 0 Å². The number of nitrogens with one attached hydrogen (secondary N) is 1. The van der Waals surface area contributed by atoms with Crippen LogP contribution in [-0.2, 0) is 19.5 Å². The fourth-order valence-electron chi connectivity index (χ4n) is 3.34. The van der Waals surface area contributed by atoms with Crippen molar-refractivity contribution in [3.63, 3.8) is 0 Å². The Morgan fingerprint density at radius 1 is 1.29 bits per heavy atom. The van der Waals surface area contributed by atoms with Gasteiger partial charge in [-0.1, -0.05) is 18.5 Å². The number of hydrogen-bond acceptors (Lipinski definition) is 3. The van der Waals surface area contributed by atoms with E-state index in [1.807, 2.05) is 0 Å². The van der Waals surface area contributed by atoms with Crippen molar-refractivity contribution >= 4 is 11.6 Å². The Bertz CT molecular complexity index is 449. The Kier molecular flexibility index (Phi) is 6.08. The van der Waals surface area contributed by atoms with Crippen molar-refractivity contribution in [2.75, 3.05) is 14.1 Å². The van der Waals surface area contributed by atoms with Crippen LogP contribution < -0.4 is 5.32 Å². The molecule has 0 unspecified atom stereocenters. The number of aromatic nitrogens is 2. The second-order valence-corrected chi connectivity index (χ2v) is 6.46. The van der Waals surface area contributed by atoms with Crippen LogP contribution in [0.5, 0.6) is 0 Å². The van der Waals surface area contributed by atoms with Gasteiger partial charge in [0, 0.05) is 25.2 Å². The lowest BCUT2D eigenvalue weighted by atomic mass is 9.90. The van der Waals surface area contributed by atoms with Crippen LogP contribution in [-0.4, -0.2) is 40.9 Å². The van der Waals surface area contributed by atoms with Crippen LogP contribution in [0.4, 0.5) is 0 Å². The van der Waals surface area contributed by atoms with Gasteiger partial charge in [-0.3, -0.25) is 9.58 Å². The zero-order valence-electron chi connectivity index (χ0n) is 13.8. The third-order valence-electron chi connectivity index (χ3n) is 4.82.